The van der Waals surface area contributed by atoms with E-state index < -0.39 is 0 Å². The molecule has 6 nitrogen and oxygen atoms in total. The van der Waals surface area contributed by atoms with Gasteiger partial charge >= 0.3 is 0 Å². The molecular formula is C23H16ClN5O. The summed E-state index contributed by atoms with van der Waals surface area (Å²) >= 11 is 6.08. The summed E-state index contributed by atoms with van der Waals surface area (Å²) in [7, 11) is 0. The van der Waals surface area contributed by atoms with Crippen molar-refractivity contribution in [2.24, 2.45) is 0 Å². The van der Waals surface area contributed by atoms with Crippen molar-refractivity contribution >= 4 is 39.4 Å². The number of amides is 1. The largest absolute Gasteiger partial charge is 0.348 e. The van der Waals surface area contributed by atoms with Crippen LogP contribution in [-0.4, -0.2) is 25.4 Å². The Bertz CT molecular complexity index is 1380. The van der Waals surface area contributed by atoms with Gasteiger partial charge in [0.25, 0.3) is 5.91 Å². The maximum atomic E-state index is 12.8. The van der Waals surface area contributed by atoms with Gasteiger partial charge in [0, 0.05) is 18.1 Å². The minimum absolute atomic E-state index is 0.208. The Kier molecular flexibility index (Phi) is 4.61. The Hall–Kier alpha value is -3.77. The van der Waals surface area contributed by atoms with E-state index in [-0.39, 0.29) is 11.1 Å². The van der Waals surface area contributed by atoms with Crippen LogP contribution in [0.3, 0.4) is 0 Å². The molecule has 0 unspecified atom stereocenters. The highest BCUT2D eigenvalue weighted by atomic mass is 35.5. The first-order valence-electron chi connectivity index (χ1n) is 9.40. The quantitative estimate of drug-likeness (QED) is 0.438. The summed E-state index contributed by atoms with van der Waals surface area (Å²) in [6.07, 6.45) is 3.51. The topological polar surface area (TPSA) is 72.7 Å². The van der Waals surface area contributed by atoms with Crippen LogP contribution in [0.4, 0.5) is 0 Å². The van der Waals surface area contributed by atoms with Gasteiger partial charge < -0.3 is 5.32 Å². The Balaban J connectivity index is 1.34. The lowest BCUT2D eigenvalue weighted by Crippen LogP contribution is -2.23. The number of rotatable bonds is 4. The summed E-state index contributed by atoms with van der Waals surface area (Å²) < 4.78 is 1.93. The molecule has 0 atom stereocenters. The van der Waals surface area contributed by atoms with Crippen LogP contribution in [-0.2, 0) is 6.54 Å². The van der Waals surface area contributed by atoms with Crippen molar-refractivity contribution in [3.8, 4) is 5.82 Å². The van der Waals surface area contributed by atoms with Crippen LogP contribution in [0.2, 0.25) is 5.15 Å². The number of nitrogens with one attached hydrogen (secondary N) is 1. The van der Waals surface area contributed by atoms with Crippen LogP contribution in [0.1, 0.15) is 15.9 Å². The van der Waals surface area contributed by atoms with Crippen molar-refractivity contribution in [1.82, 2.24) is 24.8 Å². The van der Waals surface area contributed by atoms with Crippen LogP contribution in [0.15, 0.2) is 79.3 Å². The fraction of sp³-hybridized carbons (Fsp3) is 0.0435. The van der Waals surface area contributed by atoms with Crippen molar-refractivity contribution in [2.75, 3.05) is 0 Å². The second kappa shape index (κ2) is 7.57. The first-order valence-corrected chi connectivity index (χ1v) is 9.78. The highest BCUT2D eigenvalue weighted by Crippen LogP contribution is 2.21. The van der Waals surface area contributed by atoms with Gasteiger partial charge in [-0.05, 0) is 35.9 Å². The second-order valence-electron chi connectivity index (χ2n) is 6.82. The third-order valence-electron chi connectivity index (χ3n) is 4.89. The number of halogens is 1. The van der Waals surface area contributed by atoms with E-state index in [2.05, 4.69) is 20.3 Å². The van der Waals surface area contributed by atoms with Crippen molar-refractivity contribution in [3.05, 3.63) is 95.5 Å². The van der Waals surface area contributed by atoms with E-state index in [4.69, 9.17) is 11.6 Å². The van der Waals surface area contributed by atoms with Gasteiger partial charge in [-0.15, -0.1) is 0 Å². The fourth-order valence-electron chi connectivity index (χ4n) is 3.41. The molecule has 0 aliphatic rings. The summed E-state index contributed by atoms with van der Waals surface area (Å²) in [5.41, 5.74) is 3.99. The third kappa shape index (κ3) is 3.38. The number of hydrogen-bond acceptors (Lipinski definition) is 4. The molecule has 3 aromatic heterocycles. The smallest absolute Gasteiger partial charge is 0.252 e. The summed E-state index contributed by atoms with van der Waals surface area (Å²) in [5.74, 6) is 0.561. The number of pyridine rings is 2. The Morgan fingerprint density at radius 2 is 1.77 bits per heavy atom. The predicted molar refractivity (Wildman–Crippen MR) is 117 cm³/mol. The van der Waals surface area contributed by atoms with Gasteiger partial charge in [-0.3, -0.25) is 9.36 Å². The maximum absolute atomic E-state index is 12.8. The average molecular weight is 414 g/mol. The maximum Gasteiger partial charge on any atom is 0.252 e. The van der Waals surface area contributed by atoms with Gasteiger partial charge in [0.2, 0.25) is 0 Å². The van der Waals surface area contributed by atoms with Gasteiger partial charge in [-0.25, -0.2) is 15.0 Å². The monoisotopic (exact) mass is 413 g/mol. The molecular weight excluding hydrogens is 398 g/mol. The molecule has 0 radical (unpaired) electrons. The van der Waals surface area contributed by atoms with Gasteiger partial charge in [0.1, 0.15) is 17.3 Å². The molecule has 0 fully saturated rings. The second-order valence-corrected chi connectivity index (χ2v) is 7.21. The molecule has 0 bridgehead atoms. The van der Waals surface area contributed by atoms with Crippen LogP contribution in [0, 0.1) is 0 Å². The van der Waals surface area contributed by atoms with E-state index >= 15 is 0 Å². The Morgan fingerprint density at radius 1 is 0.967 bits per heavy atom. The number of benzene rings is 2. The summed E-state index contributed by atoms with van der Waals surface area (Å²) in [6.45, 7) is 0.352. The Morgan fingerprint density at radius 3 is 2.60 bits per heavy atom. The summed E-state index contributed by atoms with van der Waals surface area (Å²) in [6, 6.07) is 20.8. The number of carbonyl (C=O) groups excluding carboxylic acids is 1. The van der Waals surface area contributed by atoms with Gasteiger partial charge in [-0.2, -0.15) is 0 Å². The normalized spacial score (nSPS) is 11.1. The molecule has 1 N–H and O–H groups in total. The molecule has 0 aliphatic heterocycles. The molecule has 5 rings (SSSR count). The fourth-order valence-corrected chi connectivity index (χ4v) is 3.61. The number of aromatic nitrogens is 4. The minimum Gasteiger partial charge on any atom is -0.348 e. The molecule has 0 aliphatic carbocycles. The van der Waals surface area contributed by atoms with Crippen LogP contribution in [0.5, 0.6) is 0 Å². The lowest BCUT2D eigenvalue weighted by Gasteiger charge is -2.09. The van der Waals surface area contributed by atoms with E-state index in [1.54, 1.807) is 18.6 Å². The number of hydrogen-bond donors (Lipinski definition) is 1. The molecule has 3 heterocycles. The highest BCUT2D eigenvalue weighted by molar-refractivity contribution is 6.30. The number of para-hydroxylation sites is 3. The number of imidazole rings is 1. The van der Waals surface area contributed by atoms with Gasteiger partial charge in [0.05, 0.1) is 22.1 Å². The van der Waals surface area contributed by atoms with E-state index in [9.17, 15) is 4.79 Å². The minimum atomic E-state index is -0.208. The molecule has 0 saturated heterocycles. The average Bonchev–Trinajstić information content (AvgIpc) is 3.21. The predicted octanol–water partition coefficient (Wildman–Crippen LogP) is 4.55. The molecule has 2 aromatic carbocycles. The summed E-state index contributed by atoms with van der Waals surface area (Å²) in [5, 5.41) is 3.99. The van der Waals surface area contributed by atoms with Crippen molar-refractivity contribution < 1.29 is 4.79 Å². The zero-order valence-corrected chi connectivity index (χ0v) is 16.5. The lowest BCUT2D eigenvalue weighted by atomic mass is 10.1. The first kappa shape index (κ1) is 18.3. The van der Waals surface area contributed by atoms with Crippen LogP contribution < -0.4 is 5.32 Å². The zero-order chi connectivity index (χ0) is 20.5. The van der Waals surface area contributed by atoms with E-state index in [0.717, 1.165) is 27.8 Å². The van der Waals surface area contributed by atoms with E-state index in [1.165, 1.54) is 0 Å². The molecule has 0 saturated carbocycles. The van der Waals surface area contributed by atoms with Gasteiger partial charge in [0.15, 0.2) is 0 Å². The van der Waals surface area contributed by atoms with Crippen LogP contribution in [0.25, 0.3) is 27.8 Å². The van der Waals surface area contributed by atoms with E-state index in [0.29, 0.717) is 17.6 Å². The molecule has 5 aromatic rings. The number of nitrogens with zero attached hydrogens (tertiary/aromatic N) is 4. The van der Waals surface area contributed by atoms with Crippen molar-refractivity contribution in [1.29, 1.82) is 0 Å². The molecule has 146 valence electrons. The lowest BCUT2D eigenvalue weighted by molar-refractivity contribution is 0.0952. The van der Waals surface area contributed by atoms with Crippen LogP contribution >= 0.6 is 11.6 Å². The molecule has 0 spiro atoms. The van der Waals surface area contributed by atoms with E-state index in [1.807, 2.05) is 65.2 Å². The number of carbonyl (C=O) groups is 1. The molecule has 30 heavy (non-hydrogen) atoms. The van der Waals surface area contributed by atoms with Crippen molar-refractivity contribution in [3.63, 3.8) is 0 Å². The first-order chi connectivity index (χ1) is 14.7. The number of fused-ring (bicyclic) bond motifs is 2. The standard InChI is InChI=1S/C23H16ClN5O/c24-21-11-17(16-5-1-2-6-18(16)28-21)23(30)26-13-15-9-10-22(25-12-15)29-14-27-19-7-3-4-8-20(19)29/h1-12,14H,13H2,(H,26,30). The molecule has 1 amide bonds. The van der Waals surface area contributed by atoms with Crippen molar-refractivity contribution in [2.45, 2.75) is 6.54 Å². The SMILES string of the molecule is O=C(NCc1ccc(-n2cnc3ccccc32)nc1)c1cc(Cl)nc2ccccc12. The third-order valence-corrected chi connectivity index (χ3v) is 5.09. The van der Waals surface area contributed by atoms with Gasteiger partial charge in [-0.1, -0.05) is 48.0 Å². The Labute approximate surface area is 177 Å². The zero-order valence-electron chi connectivity index (χ0n) is 15.8. The summed E-state index contributed by atoms with van der Waals surface area (Å²) in [4.78, 5) is 25.9. The highest BCUT2D eigenvalue weighted by Gasteiger charge is 2.12. The molecule has 7 heteroatoms.